The molecular formula is C23H37N5O5S. The molecule has 0 saturated heterocycles. The van der Waals surface area contributed by atoms with E-state index in [1.807, 2.05) is 36.6 Å². The number of hydrogen-bond donors (Lipinski definition) is 6. The van der Waals surface area contributed by atoms with Gasteiger partial charge in [-0.1, -0.05) is 36.8 Å². The molecule has 34 heavy (non-hydrogen) atoms. The highest BCUT2D eigenvalue weighted by Gasteiger charge is 2.29. The zero-order valence-electron chi connectivity index (χ0n) is 19.8. The van der Waals surface area contributed by atoms with Gasteiger partial charge in [-0.15, -0.1) is 0 Å². The molecule has 0 aliphatic heterocycles. The summed E-state index contributed by atoms with van der Waals surface area (Å²) in [6.45, 7) is 1.85. The second-order valence-corrected chi connectivity index (χ2v) is 9.04. The molecule has 0 spiro atoms. The molecule has 0 bridgehead atoms. The van der Waals surface area contributed by atoms with Gasteiger partial charge in [0.15, 0.2) is 0 Å². The van der Waals surface area contributed by atoms with Gasteiger partial charge in [0.25, 0.3) is 0 Å². The van der Waals surface area contributed by atoms with E-state index in [1.165, 1.54) is 18.7 Å². The maximum absolute atomic E-state index is 13.2. The number of nitrogens with one attached hydrogen (secondary N) is 3. The maximum Gasteiger partial charge on any atom is 0.325 e. The first-order valence-corrected chi connectivity index (χ1v) is 12.7. The highest BCUT2D eigenvalue weighted by molar-refractivity contribution is 7.98. The summed E-state index contributed by atoms with van der Waals surface area (Å²) in [5.74, 6) is -2.21. The normalized spacial score (nSPS) is 14.4. The van der Waals surface area contributed by atoms with Gasteiger partial charge in [-0.25, -0.2) is 0 Å². The fourth-order valence-corrected chi connectivity index (χ4v) is 3.60. The first kappa shape index (κ1) is 29.4. The van der Waals surface area contributed by atoms with Gasteiger partial charge in [0.2, 0.25) is 17.7 Å². The molecule has 1 rings (SSSR count). The summed E-state index contributed by atoms with van der Waals surface area (Å²) in [5.41, 5.74) is 12.3. The SMILES string of the molecule is CSCCC(NC(=O)C(Cc1ccccc1)NC(=O)C(N)CCCCN)C(=O)NC(C)C(=O)O. The predicted octanol–water partition coefficient (Wildman–Crippen LogP) is -0.00260. The molecule has 0 saturated carbocycles. The van der Waals surface area contributed by atoms with E-state index >= 15 is 0 Å². The summed E-state index contributed by atoms with van der Waals surface area (Å²) in [5, 5.41) is 16.9. The molecule has 4 unspecified atom stereocenters. The van der Waals surface area contributed by atoms with E-state index in [2.05, 4.69) is 16.0 Å². The number of thioether (sulfide) groups is 1. The molecule has 1 aromatic carbocycles. The smallest absolute Gasteiger partial charge is 0.325 e. The summed E-state index contributed by atoms with van der Waals surface area (Å²) in [6.07, 6.45) is 4.25. The maximum atomic E-state index is 13.2. The number of benzene rings is 1. The molecule has 4 atom stereocenters. The van der Waals surface area contributed by atoms with Gasteiger partial charge in [-0.3, -0.25) is 19.2 Å². The average molecular weight is 496 g/mol. The third-order valence-corrected chi connectivity index (χ3v) is 5.84. The lowest BCUT2D eigenvalue weighted by Gasteiger charge is -2.25. The number of carboxylic acid groups (broad SMARTS) is 1. The highest BCUT2D eigenvalue weighted by atomic mass is 32.2. The molecule has 190 valence electrons. The van der Waals surface area contributed by atoms with Gasteiger partial charge in [0.05, 0.1) is 6.04 Å². The number of rotatable bonds is 16. The zero-order chi connectivity index (χ0) is 25.5. The van der Waals surface area contributed by atoms with Crippen LogP contribution in [0.1, 0.15) is 38.2 Å². The average Bonchev–Trinajstić information content (AvgIpc) is 2.81. The van der Waals surface area contributed by atoms with Crippen molar-refractivity contribution in [1.29, 1.82) is 0 Å². The Morgan fingerprint density at radius 1 is 0.941 bits per heavy atom. The van der Waals surface area contributed by atoms with Crippen molar-refractivity contribution < 1.29 is 24.3 Å². The standard InChI is InChI=1S/C23H37N5O5S/c1-15(23(32)33)26-21(30)18(11-13-34-2)27-22(31)19(14-16-8-4-3-5-9-16)28-20(29)17(25)10-6-7-12-24/h3-5,8-9,15,17-19H,6-7,10-14,24-25H2,1-2H3,(H,26,30)(H,27,31)(H,28,29)(H,32,33). The molecule has 1 aromatic rings. The Balaban J connectivity index is 2.98. The van der Waals surface area contributed by atoms with Crippen LogP contribution in [0.2, 0.25) is 0 Å². The molecule has 0 fully saturated rings. The Labute approximate surface area is 205 Å². The zero-order valence-corrected chi connectivity index (χ0v) is 20.6. The van der Waals surface area contributed by atoms with E-state index in [0.717, 1.165) is 12.0 Å². The van der Waals surface area contributed by atoms with Crippen molar-refractivity contribution in [2.24, 2.45) is 11.5 Å². The van der Waals surface area contributed by atoms with Gasteiger partial charge in [0.1, 0.15) is 18.1 Å². The minimum atomic E-state index is -1.18. The summed E-state index contributed by atoms with van der Waals surface area (Å²) in [7, 11) is 0. The van der Waals surface area contributed by atoms with Crippen molar-refractivity contribution in [2.75, 3.05) is 18.6 Å². The number of carbonyl (C=O) groups is 4. The van der Waals surface area contributed by atoms with Gasteiger partial charge in [-0.2, -0.15) is 11.8 Å². The molecule has 0 radical (unpaired) electrons. The Hall–Kier alpha value is -2.63. The van der Waals surface area contributed by atoms with Crippen molar-refractivity contribution in [3.05, 3.63) is 35.9 Å². The summed E-state index contributed by atoms with van der Waals surface area (Å²) in [4.78, 5) is 49.6. The molecule has 10 nitrogen and oxygen atoms in total. The van der Waals surface area contributed by atoms with Gasteiger partial charge < -0.3 is 32.5 Å². The number of nitrogens with two attached hydrogens (primary N) is 2. The van der Waals surface area contributed by atoms with Gasteiger partial charge in [-0.05, 0) is 50.3 Å². The van der Waals surface area contributed by atoms with Crippen LogP contribution < -0.4 is 27.4 Å². The molecule has 0 aliphatic rings. The van der Waals surface area contributed by atoms with E-state index in [1.54, 1.807) is 0 Å². The van der Waals surface area contributed by atoms with Crippen molar-refractivity contribution in [3.8, 4) is 0 Å². The largest absolute Gasteiger partial charge is 0.480 e. The summed E-state index contributed by atoms with van der Waals surface area (Å²) >= 11 is 1.49. The Kier molecular flexibility index (Phi) is 13.9. The number of amides is 3. The second-order valence-electron chi connectivity index (χ2n) is 8.05. The van der Waals surface area contributed by atoms with E-state index in [9.17, 15) is 19.2 Å². The highest BCUT2D eigenvalue weighted by Crippen LogP contribution is 2.07. The van der Waals surface area contributed by atoms with Gasteiger partial charge >= 0.3 is 5.97 Å². The molecule has 0 aliphatic carbocycles. The van der Waals surface area contributed by atoms with E-state index in [4.69, 9.17) is 16.6 Å². The third-order valence-electron chi connectivity index (χ3n) is 5.19. The fourth-order valence-electron chi connectivity index (χ4n) is 3.13. The van der Waals surface area contributed by atoms with Gasteiger partial charge in [0, 0.05) is 6.42 Å². The number of aliphatic carboxylic acids is 1. The quantitative estimate of drug-likeness (QED) is 0.174. The van der Waals surface area contributed by atoms with Crippen LogP contribution in [0.4, 0.5) is 0 Å². The number of hydrogen-bond acceptors (Lipinski definition) is 7. The van der Waals surface area contributed by atoms with E-state index < -0.39 is 47.9 Å². The van der Waals surface area contributed by atoms with Crippen LogP contribution in [0, 0.1) is 0 Å². The van der Waals surface area contributed by atoms with E-state index in [0.29, 0.717) is 31.6 Å². The van der Waals surface area contributed by atoms with Crippen LogP contribution >= 0.6 is 11.8 Å². The fraction of sp³-hybridized carbons (Fsp3) is 0.565. The molecule has 0 aromatic heterocycles. The van der Waals surface area contributed by atoms with E-state index in [-0.39, 0.29) is 6.42 Å². The molecule has 3 amide bonds. The Bertz CT molecular complexity index is 795. The number of unbranched alkanes of at least 4 members (excludes halogenated alkanes) is 1. The van der Waals surface area contributed by atoms with Crippen LogP contribution in [-0.2, 0) is 25.6 Å². The molecular weight excluding hydrogens is 458 g/mol. The lowest BCUT2D eigenvalue weighted by atomic mass is 10.0. The lowest BCUT2D eigenvalue weighted by Crippen LogP contribution is -2.57. The summed E-state index contributed by atoms with van der Waals surface area (Å²) < 4.78 is 0. The first-order chi connectivity index (χ1) is 16.2. The Morgan fingerprint density at radius 2 is 1.56 bits per heavy atom. The van der Waals surface area contributed by atoms with Crippen molar-refractivity contribution in [2.45, 2.75) is 63.2 Å². The van der Waals surface area contributed by atoms with Crippen LogP contribution in [0.3, 0.4) is 0 Å². The Morgan fingerprint density at radius 3 is 2.15 bits per heavy atom. The molecule has 0 heterocycles. The van der Waals surface area contributed by atoms with Crippen LogP contribution in [-0.4, -0.2) is 71.5 Å². The molecule has 11 heteroatoms. The molecule has 8 N–H and O–H groups in total. The second kappa shape index (κ2) is 16.1. The van der Waals surface area contributed by atoms with Crippen molar-refractivity contribution in [3.63, 3.8) is 0 Å². The minimum Gasteiger partial charge on any atom is -0.480 e. The monoisotopic (exact) mass is 495 g/mol. The van der Waals surface area contributed by atoms with Crippen LogP contribution in [0.25, 0.3) is 0 Å². The summed E-state index contributed by atoms with van der Waals surface area (Å²) in [6, 6.07) is 5.36. The first-order valence-electron chi connectivity index (χ1n) is 11.3. The minimum absolute atomic E-state index is 0.205. The number of carboxylic acids is 1. The van der Waals surface area contributed by atoms with Crippen molar-refractivity contribution >= 4 is 35.5 Å². The lowest BCUT2D eigenvalue weighted by molar-refractivity contribution is -0.141. The predicted molar refractivity (Wildman–Crippen MR) is 133 cm³/mol. The van der Waals surface area contributed by atoms with Crippen molar-refractivity contribution in [1.82, 2.24) is 16.0 Å². The number of carbonyl (C=O) groups excluding carboxylic acids is 3. The van der Waals surface area contributed by atoms with Crippen LogP contribution in [0.5, 0.6) is 0 Å². The third kappa shape index (κ3) is 11.0. The topological polar surface area (TPSA) is 177 Å². The van der Waals surface area contributed by atoms with Crippen LogP contribution in [0.15, 0.2) is 30.3 Å².